The number of hydrogen-bond acceptors (Lipinski definition) is 3. The highest BCUT2D eigenvalue weighted by Crippen LogP contribution is 2.27. The molecule has 0 spiro atoms. The number of carboxylic acid groups (broad SMARTS) is 1. The van der Waals surface area contributed by atoms with Crippen molar-refractivity contribution in [1.82, 2.24) is 0 Å². The van der Waals surface area contributed by atoms with Crippen LogP contribution in [0.4, 0.5) is 0 Å². The zero-order valence-corrected chi connectivity index (χ0v) is 14.5. The van der Waals surface area contributed by atoms with Crippen molar-refractivity contribution in [2.24, 2.45) is 5.92 Å². The number of hydrogen-bond donors (Lipinski definition) is 2. The van der Waals surface area contributed by atoms with Crippen molar-refractivity contribution in [3.8, 4) is 0 Å². The molecule has 1 fully saturated rings. The highest BCUT2D eigenvalue weighted by atomic mass is 16.6. The van der Waals surface area contributed by atoms with Gasteiger partial charge in [0.05, 0.1) is 18.1 Å². The molecule has 1 saturated heterocycles. The van der Waals surface area contributed by atoms with Crippen LogP contribution in [-0.2, 0) is 9.53 Å². The van der Waals surface area contributed by atoms with Gasteiger partial charge in [-0.05, 0) is 25.7 Å². The van der Waals surface area contributed by atoms with Gasteiger partial charge < -0.3 is 14.9 Å². The van der Waals surface area contributed by atoms with E-state index in [-0.39, 0.29) is 18.1 Å². The van der Waals surface area contributed by atoms with E-state index < -0.39 is 12.1 Å². The lowest BCUT2D eigenvalue weighted by molar-refractivity contribution is -0.141. The quantitative estimate of drug-likeness (QED) is 0.304. The first-order valence-corrected chi connectivity index (χ1v) is 8.94. The molecule has 0 saturated carbocycles. The fraction of sp³-hybridized carbons (Fsp3) is 0.737. The Hall–Kier alpha value is -1.13. The van der Waals surface area contributed by atoms with E-state index in [1.54, 1.807) is 6.92 Å². The van der Waals surface area contributed by atoms with Gasteiger partial charge in [0.25, 0.3) is 0 Å². The first-order valence-electron chi connectivity index (χ1n) is 8.94. The minimum Gasteiger partial charge on any atom is -0.481 e. The second-order valence-electron chi connectivity index (χ2n) is 6.44. The molecule has 0 amide bonds. The molecular formula is C19H32O4. The summed E-state index contributed by atoms with van der Waals surface area (Å²) in [6.45, 7) is 3.87. The van der Waals surface area contributed by atoms with Gasteiger partial charge in [0.2, 0.25) is 0 Å². The third kappa shape index (κ3) is 9.57. The average molecular weight is 324 g/mol. The van der Waals surface area contributed by atoms with E-state index in [1.807, 2.05) is 12.2 Å². The Kier molecular flexibility index (Phi) is 9.88. The zero-order chi connectivity index (χ0) is 17.1. The normalized spacial score (nSPS) is 23.4. The van der Waals surface area contributed by atoms with Gasteiger partial charge in [-0.15, -0.1) is 0 Å². The number of ether oxygens (including phenoxy) is 1. The lowest BCUT2D eigenvalue weighted by Gasteiger charge is -2.07. The second-order valence-corrected chi connectivity index (χ2v) is 6.44. The van der Waals surface area contributed by atoms with Gasteiger partial charge in [0, 0.05) is 0 Å². The van der Waals surface area contributed by atoms with Crippen LogP contribution in [0.2, 0.25) is 0 Å². The molecule has 0 aromatic carbocycles. The van der Waals surface area contributed by atoms with E-state index in [1.165, 1.54) is 0 Å². The first-order chi connectivity index (χ1) is 11.0. The van der Waals surface area contributed by atoms with Crippen LogP contribution in [0.15, 0.2) is 24.3 Å². The molecule has 0 bridgehead atoms. The Balaban J connectivity index is 1.98. The number of carbonyl (C=O) groups is 1. The molecular weight excluding hydrogens is 292 g/mol. The van der Waals surface area contributed by atoms with Gasteiger partial charge in [-0.25, -0.2) is 0 Å². The van der Waals surface area contributed by atoms with Crippen molar-refractivity contribution in [2.45, 2.75) is 83.5 Å². The van der Waals surface area contributed by atoms with Crippen LogP contribution in [0.25, 0.3) is 0 Å². The van der Waals surface area contributed by atoms with Crippen molar-refractivity contribution in [3.05, 3.63) is 24.3 Å². The van der Waals surface area contributed by atoms with Gasteiger partial charge in [-0.2, -0.15) is 0 Å². The minimum absolute atomic E-state index is 0.170. The Morgan fingerprint density at radius 1 is 1.17 bits per heavy atom. The molecule has 4 heteroatoms. The lowest BCUT2D eigenvalue weighted by atomic mass is 10.0. The first kappa shape index (κ1) is 19.9. The number of unbranched alkanes of at least 4 members (excludes halogenated alkanes) is 3. The predicted octanol–water partition coefficient (Wildman–Crippen LogP) is 4.09. The van der Waals surface area contributed by atoms with Crippen molar-refractivity contribution >= 4 is 5.97 Å². The van der Waals surface area contributed by atoms with Crippen LogP contribution in [0, 0.1) is 5.92 Å². The van der Waals surface area contributed by atoms with E-state index in [9.17, 15) is 9.90 Å². The fourth-order valence-electron chi connectivity index (χ4n) is 2.53. The monoisotopic (exact) mass is 324 g/mol. The molecule has 132 valence electrons. The maximum atomic E-state index is 10.7. The Bertz CT molecular complexity index is 389. The number of carboxylic acids is 1. The highest BCUT2D eigenvalue weighted by Gasteiger charge is 2.34. The Labute approximate surface area is 140 Å². The number of aliphatic hydroxyl groups is 1. The molecule has 0 aromatic rings. The van der Waals surface area contributed by atoms with E-state index >= 15 is 0 Å². The SMILES string of the molecule is CCC=CC[C@@H]1O[C@@H]1C=C[C@@H](O)CCCCCCC(C)C(=O)O. The minimum atomic E-state index is -0.712. The third-order valence-corrected chi connectivity index (χ3v) is 4.22. The van der Waals surface area contributed by atoms with E-state index in [2.05, 4.69) is 19.1 Å². The maximum Gasteiger partial charge on any atom is 0.306 e. The molecule has 1 unspecified atom stereocenters. The van der Waals surface area contributed by atoms with E-state index in [0.29, 0.717) is 0 Å². The molecule has 4 nitrogen and oxygen atoms in total. The summed E-state index contributed by atoms with van der Waals surface area (Å²) in [6, 6.07) is 0. The summed E-state index contributed by atoms with van der Waals surface area (Å²) in [4.78, 5) is 10.7. The van der Waals surface area contributed by atoms with Crippen LogP contribution >= 0.6 is 0 Å². The molecule has 0 radical (unpaired) electrons. The molecule has 4 atom stereocenters. The summed E-state index contributed by atoms with van der Waals surface area (Å²) < 4.78 is 5.52. The number of rotatable bonds is 13. The van der Waals surface area contributed by atoms with Gasteiger partial charge >= 0.3 is 5.97 Å². The summed E-state index contributed by atoms with van der Waals surface area (Å²) in [5, 5.41) is 18.7. The van der Waals surface area contributed by atoms with Crippen LogP contribution in [0.1, 0.15) is 65.2 Å². The topological polar surface area (TPSA) is 70.1 Å². The number of epoxide rings is 1. The average Bonchev–Trinajstić information content (AvgIpc) is 3.27. The molecule has 1 aliphatic heterocycles. The number of aliphatic hydroxyl groups excluding tert-OH is 1. The molecule has 0 aliphatic carbocycles. The fourth-order valence-corrected chi connectivity index (χ4v) is 2.53. The van der Waals surface area contributed by atoms with Crippen LogP contribution in [-0.4, -0.2) is 34.5 Å². The summed E-state index contributed by atoms with van der Waals surface area (Å²) in [7, 11) is 0. The van der Waals surface area contributed by atoms with Crippen molar-refractivity contribution < 1.29 is 19.7 Å². The van der Waals surface area contributed by atoms with Crippen molar-refractivity contribution in [3.63, 3.8) is 0 Å². The third-order valence-electron chi connectivity index (χ3n) is 4.22. The summed E-state index contributed by atoms with van der Waals surface area (Å²) >= 11 is 0. The summed E-state index contributed by atoms with van der Waals surface area (Å²) in [5.41, 5.74) is 0. The smallest absolute Gasteiger partial charge is 0.306 e. The lowest BCUT2D eigenvalue weighted by Crippen LogP contribution is -2.08. The second kappa shape index (κ2) is 11.4. The molecule has 1 aliphatic rings. The van der Waals surface area contributed by atoms with Crippen LogP contribution in [0.3, 0.4) is 0 Å². The molecule has 1 rings (SSSR count). The Morgan fingerprint density at radius 3 is 2.52 bits per heavy atom. The predicted molar refractivity (Wildman–Crippen MR) is 92.4 cm³/mol. The molecule has 0 aromatic heterocycles. The highest BCUT2D eigenvalue weighted by molar-refractivity contribution is 5.69. The van der Waals surface area contributed by atoms with E-state index in [0.717, 1.165) is 51.4 Å². The van der Waals surface area contributed by atoms with Gasteiger partial charge in [0.15, 0.2) is 0 Å². The summed E-state index contributed by atoms with van der Waals surface area (Å²) in [6.07, 6.45) is 15.7. The van der Waals surface area contributed by atoms with Crippen LogP contribution in [0.5, 0.6) is 0 Å². The zero-order valence-electron chi connectivity index (χ0n) is 14.5. The summed E-state index contributed by atoms with van der Waals surface area (Å²) in [5.74, 6) is -0.960. The van der Waals surface area contributed by atoms with Gasteiger partial charge in [0.1, 0.15) is 6.10 Å². The van der Waals surface area contributed by atoms with Crippen LogP contribution < -0.4 is 0 Å². The van der Waals surface area contributed by atoms with Crippen molar-refractivity contribution in [1.29, 1.82) is 0 Å². The maximum absolute atomic E-state index is 10.7. The Morgan fingerprint density at radius 2 is 1.87 bits per heavy atom. The largest absolute Gasteiger partial charge is 0.481 e. The van der Waals surface area contributed by atoms with Gasteiger partial charge in [-0.3, -0.25) is 4.79 Å². The number of allylic oxidation sites excluding steroid dienone is 1. The molecule has 1 heterocycles. The van der Waals surface area contributed by atoms with Crippen molar-refractivity contribution in [2.75, 3.05) is 0 Å². The standard InChI is InChI=1S/C19H32O4/c1-3-4-7-12-17-18(23-17)14-13-16(20)11-9-6-5-8-10-15(2)19(21)22/h4,7,13-18,20H,3,5-6,8-12H2,1-2H3,(H,21,22)/t15?,16-,17-,18+/m0/s1. The number of aliphatic carboxylic acids is 1. The molecule has 2 N–H and O–H groups in total. The van der Waals surface area contributed by atoms with Gasteiger partial charge in [-0.1, -0.05) is 63.8 Å². The molecule has 23 heavy (non-hydrogen) atoms. The van der Waals surface area contributed by atoms with E-state index in [4.69, 9.17) is 9.84 Å².